The summed E-state index contributed by atoms with van der Waals surface area (Å²) < 4.78 is 6.46. The van der Waals surface area contributed by atoms with Gasteiger partial charge in [-0.15, -0.1) is 0 Å². The van der Waals surface area contributed by atoms with Gasteiger partial charge in [-0.05, 0) is 37.6 Å². The van der Waals surface area contributed by atoms with Crippen LogP contribution in [0.4, 0.5) is 0 Å². The topological polar surface area (TPSA) is 75.6 Å². The molecule has 0 spiro atoms. The first-order valence-electron chi connectivity index (χ1n) is 6.57. The average molecular weight is 356 g/mol. The van der Waals surface area contributed by atoms with Crippen LogP contribution in [0, 0.1) is 0 Å². The number of rotatable bonds is 7. The molecule has 1 aromatic carbocycles. The Morgan fingerprint density at radius 2 is 2.19 bits per heavy atom. The van der Waals surface area contributed by atoms with Crippen molar-refractivity contribution in [2.45, 2.75) is 26.3 Å². The summed E-state index contributed by atoms with van der Waals surface area (Å²) in [5, 5.41) is 11.1. The summed E-state index contributed by atoms with van der Waals surface area (Å²) in [7, 11) is 0. The second-order valence-electron chi connectivity index (χ2n) is 4.43. The Balaban J connectivity index is 2.80. The average Bonchev–Trinajstić information content (AvgIpc) is 2.43. The van der Waals surface area contributed by atoms with Gasteiger partial charge >= 0.3 is 5.97 Å². The van der Waals surface area contributed by atoms with Crippen molar-refractivity contribution in [3.05, 3.63) is 34.3 Å². The van der Waals surface area contributed by atoms with E-state index in [4.69, 9.17) is 9.84 Å². The Labute approximate surface area is 132 Å². The summed E-state index contributed by atoms with van der Waals surface area (Å²) in [4.78, 5) is 22.3. The van der Waals surface area contributed by atoms with Crippen LogP contribution in [0.15, 0.2) is 28.7 Å². The number of carboxylic acids is 1. The fourth-order valence-corrected chi connectivity index (χ4v) is 1.86. The highest BCUT2D eigenvalue weighted by Crippen LogP contribution is 2.24. The van der Waals surface area contributed by atoms with Gasteiger partial charge in [-0.25, -0.2) is 0 Å². The minimum absolute atomic E-state index is 0.466. The molecule has 0 bridgehead atoms. The molecule has 1 atom stereocenters. The minimum atomic E-state index is -1.08. The lowest BCUT2D eigenvalue weighted by atomic mass is 10.2. The van der Waals surface area contributed by atoms with Crippen LogP contribution in [-0.2, 0) is 9.59 Å². The normalized spacial score (nSPS) is 12.1. The predicted octanol–water partition coefficient (Wildman–Crippen LogP) is 2.84. The summed E-state index contributed by atoms with van der Waals surface area (Å²) in [5.41, 5.74) is 0.746. The van der Waals surface area contributed by atoms with Gasteiger partial charge in [0.05, 0.1) is 6.61 Å². The molecule has 0 aromatic heterocycles. The summed E-state index contributed by atoms with van der Waals surface area (Å²) in [5.74, 6) is -0.868. The van der Waals surface area contributed by atoms with E-state index in [-0.39, 0.29) is 0 Å². The van der Waals surface area contributed by atoms with Crippen LogP contribution in [0.25, 0.3) is 6.08 Å². The molecule has 0 aliphatic rings. The molecule has 5 nitrogen and oxygen atoms in total. The van der Waals surface area contributed by atoms with Crippen LogP contribution in [0.3, 0.4) is 0 Å². The van der Waals surface area contributed by atoms with Gasteiger partial charge in [0, 0.05) is 16.1 Å². The third-order valence-electron chi connectivity index (χ3n) is 2.58. The number of hydrogen-bond acceptors (Lipinski definition) is 3. The van der Waals surface area contributed by atoms with E-state index in [1.54, 1.807) is 6.08 Å². The van der Waals surface area contributed by atoms with Gasteiger partial charge in [0.2, 0.25) is 5.91 Å². The molecule has 21 heavy (non-hydrogen) atoms. The number of carboxylic acid groups (broad SMARTS) is 1. The quantitative estimate of drug-likeness (QED) is 0.737. The molecule has 1 rings (SSSR count). The third kappa shape index (κ3) is 5.99. The van der Waals surface area contributed by atoms with E-state index < -0.39 is 17.9 Å². The lowest BCUT2D eigenvalue weighted by Crippen LogP contribution is -2.37. The fraction of sp³-hybridized carbons (Fsp3) is 0.333. The molecule has 0 radical (unpaired) electrons. The van der Waals surface area contributed by atoms with Crippen molar-refractivity contribution < 1.29 is 19.4 Å². The molecule has 0 heterocycles. The summed E-state index contributed by atoms with van der Waals surface area (Å²) in [6.07, 6.45) is 3.77. The zero-order valence-electron chi connectivity index (χ0n) is 11.9. The molecular weight excluding hydrogens is 338 g/mol. The highest BCUT2D eigenvalue weighted by atomic mass is 79.9. The van der Waals surface area contributed by atoms with Crippen molar-refractivity contribution in [3.63, 3.8) is 0 Å². The summed E-state index contributed by atoms with van der Waals surface area (Å²) in [6.45, 7) is 4.00. The first kappa shape index (κ1) is 17.2. The maximum atomic E-state index is 11.6. The second-order valence-corrected chi connectivity index (χ2v) is 5.35. The van der Waals surface area contributed by atoms with E-state index in [9.17, 15) is 9.59 Å². The Morgan fingerprint density at radius 1 is 1.48 bits per heavy atom. The number of halogens is 1. The molecule has 0 saturated carbocycles. The number of hydrogen-bond donors (Lipinski definition) is 2. The van der Waals surface area contributed by atoms with E-state index in [2.05, 4.69) is 21.2 Å². The number of carbonyl (C=O) groups is 2. The van der Waals surface area contributed by atoms with E-state index in [1.165, 1.54) is 13.0 Å². The first-order chi connectivity index (χ1) is 9.93. The van der Waals surface area contributed by atoms with Gasteiger partial charge in [-0.1, -0.05) is 22.9 Å². The Bertz CT molecular complexity index is 542. The number of aliphatic carboxylic acids is 1. The molecular formula is C15H18BrNO4. The number of carbonyl (C=O) groups excluding carboxylic acids is 1. The van der Waals surface area contributed by atoms with Crippen molar-refractivity contribution in [2.24, 2.45) is 0 Å². The van der Waals surface area contributed by atoms with Crippen molar-refractivity contribution in [2.75, 3.05) is 6.61 Å². The SMILES string of the molecule is CCCOc1ccc(Br)cc1/C=C/C(=O)NC(C)C(=O)O. The van der Waals surface area contributed by atoms with E-state index in [0.29, 0.717) is 12.4 Å². The van der Waals surface area contributed by atoms with E-state index >= 15 is 0 Å². The number of ether oxygens (including phenoxy) is 1. The first-order valence-corrected chi connectivity index (χ1v) is 7.37. The largest absolute Gasteiger partial charge is 0.493 e. The number of benzene rings is 1. The van der Waals surface area contributed by atoms with Crippen molar-refractivity contribution >= 4 is 33.9 Å². The maximum Gasteiger partial charge on any atom is 0.325 e. The molecule has 0 fully saturated rings. The van der Waals surface area contributed by atoms with Crippen LogP contribution < -0.4 is 10.1 Å². The van der Waals surface area contributed by atoms with E-state index in [1.807, 2.05) is 25.1 Å². The van der Waals surface area contributed by atoms with Gasteiger partial charge in [0.25, 0.3) is 0 Å². The molecule has 0 aliphatic heterocycles. The van der Waals surface area contributed by atoms with Crippen molar-refractivity contribution in [1.29, 1.82) is 0 Å². The van der Waals surface area contributed by atoms with Crippen LogP contribution >= 0.6 is 15.9 Å². The van der Waals surface area contributed by atoms with Crippen LogP contribution in [0.2, 0.25) is 0 Å². The third-order valence-corrected chi connectivity index (χ3v) is 3.07. The highest BCUT2D eigenvalue weighted by Gasteiger charge is 2.12. The smallest absolute Gasteiger partial charge is 0.325 e. The molecule has 1 amide bonds. The van der Waals surface area contributed by atoms with Crippen LogP contribution in [-0.4, -0.2) is 29.6 Å². The van der Waals surface area contributed by atoms with Gasteiger partial charge in [-0.2, -0.15) is 0 Å². The van der Waals surface area contributed by atoms with Gasteiger partial charge in [0.1, 0.15) is 11.8 Å². The lowest BCUT2D eigenvalue weighted by Gasteiger charge is -2.09. The molecule has 6 heteroatoms. The van der Waals surface area contributed by atoms with Crippen molar-refractivity contribution in [3.8, 4) is 5.75 Å². The van der Waals surface area contributed by atoms with Gasteiger partial charge in [-0.3, -0.25) is 9.59 Å². The number of amides is 1. The molecule has 1 aromatic rings. The predicted molar refractivity (Wildman–Crippen MR) is 84.2 cm³/mol. The Hall–Kier alpha value is -1.82. The second kappa shape index (κ2) is 8.46. The Morgan fingerprint density at radius 3 is 2.81 bits per heavy atom. The summed E-state index contributed by atoms with van der Waals surface area (Å²) in [6, 6.07) is 4.57. The zero-order chi connectivity index (χ0) is 15.8. The van der Waals surface area contributed by atoms with Crippen LogP contribution in [0.1, 0.15) is 25.8 Å². The minimum Gasteiger partial charge on any atom is -0.493 e. The van der Waals surface area contributed by atoms with Gasteiger partial charge in [0.15, 0.2) is 0 Å². The highest BCUT2D eigenvalue weighted by molar-refractivity contribution is 9.10. The fourth-order valence-electron chi connectivity index (χ4n) is 1.48. The van der Waals surface area contributed by atoms with E-state index in [0.717, 1.165) is 16.5 Å². The maximum absolute atomic E-state index is 11.6. The molecule has 1 unspecified atom stereocenters. The molecule has 114 valence electrons. The van der Waals surface area contributed by atoms with Gasteiger partial charge < -0.3 is 15.2 Å². The standard InChI is InChI=1S/C15H18BrNO4/c1-3-8-21-13-6-5-12(16)9-11(13)4-7-14(18)17-10(2)15(19)20/h4-7,9-10H,3,8H2,1-2H3,(H,17,18)(H,19,20)/b7-4+. The Kier molecular flexibility index (Phi) is 6.94. The summed E-state index contributed by atoms with van der Waals surface area (Å²) >= 11 is 3.36. The number of nitrogens with one attached hydrogen (secondary N) is 1. The zero-order valence-corrected chi connectivity index (χ0v) is 13.5. The lowest BCUT2D eigenvalue weighted by molar-refractivity contribution is -0.140. The monoisotopic (exact) mass is 355 g/mol. The van der Waals surface area contributed by atoms with Crippen LogP contribution in [0.5, 0.6) is 5.75 Å². The molecule has 0 aliphatic carbocycles. The molecule has 0 saturated heterocycles. The molecule has 2 N–H and O–H groups in total. The van der Waals surface area contributed by atoms with Crippen molar-refractivity contribution in [1.82, 2.24) is 5.32 Å².